The van der Waals surface area contributed by atoms with E-state index in [9.17, 15) is 4.79 Å². The predicted octanol–water partition coefficient (Wildman–Crippen LogP) is 0.960. The van der Waals surface area contributed by atoms with Gasteiger partial charge in [-0.1, -0.05) is 0 Å². The molecular formula is C10H11N5O2. The summed E-state index contributed by atoms with van der Waals surface area (Å²) in [5.74, 6) is -0.848. The lowest BCUT2D eigenvalue weighted by molar-refractivity contribution is 0.0690. The molecule has 2 N–H and O–H groups in total. The quantitative estimate of drug-likeness (QED) is 0.820. The van der Waals surface area contributed by atoms with E-state index in [0.717, 1.165) is 11.4 Å². The van der Waals surface area contributed by atoms with Crippen molar-refractivity contribution in [2.45, 2.75) is 6.92 Å². The second kappa shape index (κ2) is 4.20. The highest BCUT2D eigenvalue weighted by atomic mass is 16.4. The Labute approximate surface area is 97.1 Å². The average Bonchev–Trinajstić information content (AvgIpc) is 2.61. The molecule has 0 aliphatic rings. The van der Waals surface area contributed by atoms with Gasteiger partial charge in [0.25, 0.3) is 0 Å². The van der Waals surface area contributed by atoms with Crippen LogP contribution in [0.3, 0.4) is 0 Å². The molecule has 0 saturated carbocycles. The molecule has 0 bridgehead atoms. The van der Waals surface area contributed by atoms with Crippen molar-refractivity contribution in [3.05, 3.63) is 29.8 Å². The van der Waals surface area contributed by atoms with Crippen LogP contribution in [0, 0.1) is 6.92 Å². The first-order valence-electron chi connectivity index (χ1n) is 4.90. The monoisotopic (exact) mass is 233 g/mol. The van der Waals surface area contributed by atoms with E-state index in [2.05, 4.69) is 20.4 Å². The van der Waals surface area contributed by atoms with Gasteiger partial charge in [0.15, 0.2) is 5.69 Å². The largest absolute Gasteiger partial charge is 0.477 e. The number of hydrogen-bond acceptors (Lipinski definition) is 5. The van der Waals surface area contributed by atoms with Crippen molar-refractivity contribution in [3.63, 3.8) is 0 Å². The minimum Gasteiger partial charge on any atom is -0.477 e. The second-order valence-corrected chi connectivity index (χ2v) is 3.46. The second-order valence-electron chi connectivity index (χ2n) is 3.46. The molecule has 0 saturated heterocycles. The number of carbonyl (C=O) groups is 1. The molecule has 0 unspecified atom stereocenters. The molecule has 0 aromatic carbocycles. The first-order valence-corrected chi connectivity index (χ1v) is 4.90. The molecule has 0 amide bonds. The molecule has 0 fully saturated rings. The predicted molar refractivity (Wildman–Crippen MR) is 60.2 cm³/mol. The van der Waals surface area contributed by atoms with Crippen LogP contribution in [0.1, 0.15) is 16.2 Å². The van der Waals surface area contributed by atoms with Gasteiger partial charge in [-0.05, 0) is 13.0 Å². The molecule has 0 aliphatic carbocycles. The number of aromatic carboxylic acids is 1. The Morgan fingerprint density at radius 2 is 2.29 bits per heavy atom. The summed E-state index contributed by atoms with van der Waals surface area (Å²) in [5.41, 5.74) is 1.61. The van der Waals surface area contributed by atoms with Gasteiger partial charge in [0.2, 0.25) is 5.95 Å². The number of hydrogen-bond donors (Lipinski definition) is 2. The molecule has 0 radical (unpaired) electrons. The first-order chi connectivity index (χ1) is 8.08. The summed E-state index contributed by atoms with van der Waals surface area (Å²) in [6, 6.07) is 1.34. The molecule has 17 heavy (non-hydrogen) atoms. The van der Waals surface area contributed by atoms with E-state index >= 15 is 0 Å². The smallest absolute Gasteiger partial charge is 0.354 e. The van der Waals surface area contributed by atoms with Gasteiger partial charge in [-0.2, -0.15) is 5.10 Å². The Balaban J connectivity index is 2.27. The molecule has 0 spiro atoms. The van der Waals surface area contributed by atoms with Crippen LogP contribution >= 0.6 is 0 Å². The van der Waals surface area contributed by atoms with Crippen LogP contribution in [0.25, 0.3) is 0 Å². The van der Waals surface area contributed by atoms with E-state index < -0.39 is 5.97 Å². The number of aromatic nitrogens is 4. The third kappa shape index (κ3) is 2.22. The zero-order valence-electron chi connectivity index (χ0n) is 9.38. The summed E-state index contributed by atoms with van der Waals surface area (Å²) in [6.45, 7) is 1.89. The molecule has 2 rings (SSSR count). The van der Waals surface area contributed by atoms with Crippen LogP contribution in [0.4, 0.5) is 11.6 Å². The SMILES string of the molecule is Cc1c(Nc2nccc(C(=O)O)n2)cnn1C. The van der Waals surface area contributed by atoms with Crippen molar-refractivity contribution >= 4 is 17.6 Å². The van der Waals surface area contributed by atoms with Gasteiger partial charge in [0.05, 0.1) is 17.6 Å². The first kappa shape index (κ1) is 11.1. The average molecular weight is 233 g/mol. The minimum absolute atomic E-state index is 0.0518. The molecule has 88 valence electrons. The lowest BCUT2D eigenvalue weighted by Crippen LogP contribution is -2.05. The van der Waals surface area contributed by atoms with Gasteiger partial charge in [-0.15, -0.1) is 0 Å². The number of nitrogens with zero attached hydrogens (tertiary/aromatic N) is 4. The van der Waals surface area contributed by atoms with Crippen LogP contribution in [0.5, 0.6) is 0 Å². The number of carboxylic acid groups (broad SMARTS) is 1. The van der Waals surface area contributed by atoms with Gasteiger partial charge in [-0.3, -0.25) is 4.68 Å². The molecular weight excluding hydrogens is 222 g/mol. The van der Waals surface area contributed by atoms with Crippen LogP contribution in [0.2, 0.25) is 0 Å². The molecule has 2 aromatic heterocycles. The summed E-state index contributed by atoms with van der Waals surface area (Å²) < 4.78 is 1.70. The van der Waals surface area contributed by atoms with Crippen molar-refractivity contribution in [1.29, 1.82) is 0 Å². The normalized spacial score (nSPS) is 10.2. The van der Waals surface area contributed by atoms with Crippen LogP contribution in [0.15, 0.2) is 18.5 Å². The van der Waals surface area contributed by atoms with E-state index in [-0.39, 0.29) is 11.6 Å². The van der Waals surface area contributed by atoms with Crippen molar-refractivity contribution in [1.82, 2.24) is 19.7 Å². The molecule has 7 nitrogen and oxygen atoms in total. The Hall–Kier alpha value is -2.44. The Morgan fingerprint density at radius 3 is 2.88 bits per heavy atom. The molecule has 2 heterocycles. The topological polar surface area (TPSA) is 92.9 Å². The maximum absolute atomic E-state index is 10.7. The van der Waals surface area contributed by atoms with Crippen molar-refractivity contribution < 1.29 is 9.90 Å². The van der Waals surface area contributed by atoms with Gasteiger partial charge in [-0.25, -0.2) is 14.8 Å². The van der Waals surface area contributed by atoms with E-state index in [1.54, 1.807) is 10.9 Å². The number of nitrogens with one attached hydrogen (secondary N) is 1. The summed E-state index contributed by atoms with van der Waals surface area (Å²) >= 11 is 0. The molecule has 7 heteroatoms. The van der Waals surface area contributed by atoms with Crippen molar-refractivity contribution in [3.8, 4) is 0 Å². The number of rotatable bonds is 3. The van der Waals surface area contributed by atoms with E-state index in [1.165, 1.54) is 12.3 Å². The maximum Gasteiger partial charge on any atom is 0.354 e. The van der Waals surface area contributed by atoms with E-state index in [1.807, 2.05) is 14.0 Å². The molecule has 0 atom stereocenters. The highest BCUT2D eigenvalue weighted by Gasteiger charge is 2.08. The standard InChI is InChI=1S/C10H11N5O2/c1-6-8(5-12-15(6)2)14-10-11-4-3-7(13-10)9(16)17/h3-5H,1-2H3,(H,16,17)(H,11,13,14). The highest BCUT2D eigenvalue weighted by molar-refractivity contribution is 5.85. The van der Waals surface area contributed by atoms with Crippen LogP contribution < -0.4 is 5.32 Å². The number of anilines is 2. The molecule has 0 aliphatic heterocycles. The third-order valence-corrected chi connectivity index (χ3v) is 2.36. The fourth-order valence-electron chi connectivity index (χ4n) is 1.28. The van der Waals surface area contributed by atoms with Gasteiger partial charge in [0.1, 0.15) is 0 Å². The van der Waals surface area contributed by atoms with Crippen molar-refractivity contribution in [2.24, 2.45) is 7.05 Å². The van der Waals surface area contributed by atoms with Gasteiger partial charge < -0.3 is 10.4 Å². The lowest BCUT2D eigenvalue weighted by atomic mass is 10.4. The third-order valence-electron chi connectivity index (χ3n) is 2.36. The fourth-order valence-corrected chi connectivity index (χ4v) is 1.28. The van der Waals surface area contributed by atoms with Gasteiger partial charge >= 0.3 is 5.97 Å². The van der Waals surface area contributed by atoms with Crippen LogP contribution in [-0.2, 0) is 7.05 Å². The lowest BCUT2D eigenvalue weighted by Gasteiger charge is -2.03. The zero-order valence-corrected chi connectivity index (χ0v) is 9.38. The summed E-state index contributed by atoms with van der Waals surface area (Å²) in [5, 5.41) is 15.8. The maximum atomic E-state index is 10.7. The summed E-state index contributed by atoms with van der Waals surface area (Å²) in [7, 11) is 1.81. The van der Waals surface area contributed by atoms with E-state index in [0.29, 0.717) is 0 Å². The van der Waals surface area contributed by atoms with Gasteiger partial charge in [0, 0.05) is 13.2 Å². The Morgan fingerprint density at radius 1 is 1.53 bits per heavy atom. The zero-order chi connectivity index (χ0) is 12.4. The number of carboxylic acids is 1. The van der Waals surface area contributed by atoms with Crippen LogP contribution in [-0.4, -0.2) is 30.8 Å². The summed E-state index contributed by atoms with van der Waals surface area (Å²) in [6.07, 6.45) is 3.02. The molecule has 2 aromatic rings. The summed E-state index contributed by atoms with van der Waals surface area (Å²) in [4.78, 5) is 18.5. The Bertz CT molecular complexity index is 564. The van der Waals surface area contributed by atoms with E-state index in [4.69, 9.17) is 5.11 Å². The minimum atomic E-state index is -1.08. The Kier molecular flexibility index (Phi) is 2.73. The number of aryl methyl sites for hydroxylation is 1. The van der Waals surface area contributed by atoms with Crippen molar-refractivity contribution in [2.75, 3.05) is 5.32 Å². The fraction of sp³-hybridized carbons (Fsp3) is 0.200. The highest BCUT2D eigenvalue weighted by Crippen LogP contribution is 2.16.